The second-order valence-electron chi connectivity index (χ2n) is 2.71. The molecule has 74 valence electrons. The van der Waals surface area contributed by atoms with Gasteiger partial charge in [-0.3, -0.25) is 4.79 Å². The van der Waals surface area contributed by atoms with Gasteiger partial charge in [-0.05, 0) is 41.1 Å². The molecule has 0 radical (unpaired) electrons. The summed E-state index contributed by atoms with van der Waals surface area (Å²) in [7, 11) is 0. The van der Waals surface area contributed by atoms with Crippen molar-refractivity contribution in [2.75, 3.05) is 0 Å². The molecule has 0 saturated heterocycles. The highest BCUT2D eigenvalue weighted by Gasteiger charge is 2.09. The van der Waals surface area contributed by atoms with Gasteiger partial charge >= 0.3 is 0 Å². The topological polar surface area (TPSA) is 17.1 Å². The van der Waals surface area contributed by atoms with Crippen LogP contribution in [0.5, 0.6) is 0 Å². The summed E-state index contributed by atoms with van der Waals surface area (Å²) < 4.78 is 26.2. The van der Waals surface area contributed by atoms with E-state index in [2.05, 4.69) is 15.9 Å². The third-order valence-electron chi connectivity index (χ3n) is 1.56. The summed E-state index contributed by atoms with van der Waals surface area (Å²) in [6.45, 7) is 1.34. The van der Waals surface area contributed by atoms with Gasteiger partial charge in [0.25, 0.3) is 0 Å². The van der Waals surface area contributed by atoms with Crippen LogP contribution in [-0.4, -0.2) is 5.78 Å². The third kappa shape index (κ3) is 2.48. The summed E-state index contributed by atoms with van der Waals surface area (Å²) in [5, 5.41) is 0. The molecule has 0 atom stereocenters. The molecule has 0 aliphatic heterocycles. The summed E-state index contributed by atoms with van der Waals surface area (Å²) in [5.41, 5.74) is 0.0564. The van der Waals surface area contributed by atoms with E-state index in [0.29, 0.717) is 0 Å². The van der Waals surface area contributed by atoms with Gasteiger partial charge in [-0.25, -0.2) is 8.78 Å². The molecule has 4 heteroatoms. The van der Waals surface area contributed by atoms with Crippen LogP contribution in [0.3, 0.4) is 0 Å². The zero-order chi connectivity index (χ0) is 10.7. The lowest BCUT2D eigenvalue weighted by Gasteiger charge is -1.99. The van der Waals surface area contributed by atoms with Crippen molar-refractivity contribution in [2.24, 2.45) is 0 Å². The Hall–Kier alpha value is -1.03. The zero-order valence-corrected chi connectivity index (χ0v) is 8.94. The molecule has 0 amide bonds. The van der Waals surface area contributed by atoms with Crippen LogP contribution in [-0.2, 0) is 4.79 Å². The number of rotatable bonds is 2. The molecule has 0 spiro atoms. The van der Waals surface area contributed by atoms with E-state index in [1.807, 2.05) is 0 Å². The first-order chi connectivity index (χ1) is 6.52. The van der Waals surface area contributed by atoms with Gasteiger partial charge in [-0.1, -0.05) is 6.07 Å². The Bertz CT molecular complexity index is 399. The number of benzene rings is 1. The Morgan fingerprint density at radius 2 is 2.00 bits per heavy atom. The van der Waals surface area contributed by atoms with Crippen LogP contribution >= 0.6 is 15.9 Å². The summed E-state index contributed by atoms with van der Waals surface area (Å²) in [6.07, 6.45) is 2.43. The maximum Gasteiger partial charge on any atom is 0.173 e. The number of carbonyl (C=O) groups is 1. The van der Waals surface area contributed by atoms with E-state index < -0.39 is 11.6 Å². The quantitative estimate of drug-likeness (QED) is 0.589. The van der Waals surface area contributed by atoms with Gasteiger partial charge in [0.1, 0.15) is 0 Å². The van der Waals surface area contributed by atoms with E-state index in [9.17, 15) is 13.6 Å². The van der Waals surface area contributed by atoms with Crippen molar-refractivity contribution in [3.63, 3.8) is 0 Å². The lowest BCUT2D eigenvalue weighted by atomic mass is 10.2. The molecule has 0 N–H and O–H groups in total. The van der Waals surface area contributed by atoms with Crippen LogP contribution < -0.4 is 0 Å². The monoisotopic (exact) mass is 260 g/mol. The molecule has 1 rings (SSSR count). The molecule has 14 heavy (non-hydrogen) atoms. The van der Waals surface area contributed by atoms with E-state index in [1.54, 1.807) is 0 Å². The maximum absolute atomic E-state index is 13.1. The molecule has 1 nitrogen and oxygen atoms in total. The van der Waals surface area contributed by atoms with Crippen molar-refractivity contribution < 1.29 is 13.6 Å². The van der Waals surface area contributed by atoms with Gasteiger partial charge in [0, 0.05) is 5.56 Å². The zero-order valence-electron chi connectivity index (χ0n) is 7.35. The van der Waals surface area contributed by atoms with Crippen LogP contribution in [0.1, 0.15) is 12.5 Å². The predicted molar refractivity (Wildman–Crippen MR) is 53.8 cm³/mol. The lowest BCUT2D eigenvalue weighted by Crippen LogP contribution is -1.90. The number of allylic oxidation sites excluding steroid dienone is 1. The first-order valence-electron chi connectivity index (χ1n) is 3.84. The Morgan fingerprint density at radius 1 is 1.36 bits per heavy atom. The molecule has 0 bridgehead atoms. The highest BCUT2D eigenvalue weighted by atomic mass is 79.9. The van der Waals surface area contributed by atoms with E-state index in [1.165, 1.54) is 31.2 Å². The summed E-state index contributed by atoms with van der Waals surface area (Å²) >= 11 is 2.85. The predicted octanol–water partition coefficient (Wildman–Crippen LogP) is 3.33. The summed E-state index contributed by atoms with van der Waals surface area (Å²) in [6, 6.07) is 2.78. The van der Waals surface area contributed by atoms with E-state index >= 15 is 0 Å². The van der Waals surface area contributed by atoms with Crippen molar-refractivity contribution in [3.05, 3.63) is 39.9 Å². The molecule has 0 unspecified atom stereocenters. The number of halogens is 3. The Balaban J connectivity index is 3.12. The van der Waals surface area contributed by atoms with Crippen LogP contribution in [0.2, 0.25) is 0 Å². The highest BCUT2D eigenvalue weighted by molar-refractivity contribution is 9.10. The van der Waals surface area contributed by atoms with Crippen molar-refractivity contribution in [1.29, 1.82) is 0 Å². The first kappa shape index (κ1) is 11.0. The van der Waals surface area contributed by atoms with Crippen molar-refractivity contribution >= 4 is 27.8 Å². The molecular formula is C10H7BrF2O. The molecule has 0 fully saturated rings. The average Bonchev–Trinajstić information content (AvgIpc) is 2.13. The fourth-order valence-corrected chi connectivity index (χ4v) is 1.18. The van der Waals surface area contributed by atoms with Crippen LogP contribution in [0, 0.1) is 11.6 Å². The second kappa shape index (κ2) is 4.46. The van der Waals surface area contributed by atoms with Gasteiger partial charge in [0.2, 0.25) is 0 Å². The van der Waals surface area contributed by atoms with Gasteiger partial charge in [-0.2, -0.15) is 0 Å². The molecule has 0 saturated carbocycles. The molecule has 0 aliphatic carbocycles. The SMILES string of the molecule is CC(=O)/C=C/c1ccc(Br)c(F)c1F. The first-order valence-corrected chi connectivity index (χ1v) is 4.64. The lowest BCUT2D eigenvalue weighted by molar-refractivity contribution is -0.112. The average molecular weight is 261 g/mol. The Kier molecular flexibility index (Phi) is 3.52. The minimum absolute atomic E-state index is 0.0564. The Morgan fingerprint density at radius 3 is 2.57 bits per heavy atom. The molecule has 1 aromatic rings. The van der Waals surface area contributed by atoms with Gasteiger partial charge in [0.15, 0.2) is 17.4 Å². The fourth-order valence-electron chi connectivity index (χ4n) is 0.877. The normalized spacial score (nSPS) is 10.9. The molecule has 0 heterocycles. The highest BCUT2D eigenvalue weighted by Crippen LogP contribution is 2.21. The number of hydrogen-bond acceptors (Lipinski definition) is 1. The Labute approximate surface area is 88.6 Å². The summed E-state index contributed by atoms with van der Waals surface area (Å²) in [4.78, 5) is 10.6. The summed E-state index contributed by atoms with van der Waals surface area (Å²) in [5.74, 6) is -2.12. The van der Waals surface area contributed by atoms with Gasteiger partial charge in [-0.15, -0.1) is 0 Å². The van der Waals surface area contributed by atoms with Crippen molar-refractivity contribution in [3.8, 4) is 0 Å². The minimum Gasteiger partial charge on any atom is -0.295 e. The molecular weight excluding hydrogens is 254 g/mol. The molecule has 0 aliphatic rings. The molecule has 1 aromatic carbocycles. The van der Waals surface area contributed by atoms with Gasteiger partial charge < -0.3 is 0 Å². The van der Waals surface area contributed by atoms with Crippen LogP contribution in [0.4, 0.5) is 8.78 Å². The maximum atomic E-state index is 13.1. The third-order valence-corrected chi connectivity index (χ3v) is 2.18. The molecule has 0 aromatic heterocycles. The van der Waals surface area contributed by atoms with Gasteiger partial charge in [0.05, 0.1) is 4.47 Å². The second-order valence-corrected chi connectivity index (χ2v) is 3.56. The number of carbonyl (C=O) groups excluding carboxylic acids is 1. The standard InChI is InChI=1S/C10H7BrF2O/c1-6(14)2-3-7-4-5-8(11)10(13)9(7)12/h2-5H,1H3/b3-2+. The number of hydrogen-bond donors (Lipinski definition) is 0. The fraction of sp³-hybridized carbons (Fsp3) is 0.100. The van der Waals surface area contributed by atoms with E-state index in [-0.39, 0.29) is 15.8 Å². The minimum atomic E-state index is -0.961. The van der Waals surface area contributed by atoms with Crippen LogP contribution in [0.25, 0.3) is 6.08 Å². The largest absolute Gasteiger partial charge is 0.295 e. The van der Waals surface area contributed by atoms with Crippen molar-refractivity contribution in [1.82, 2.24) is 0 Å². The van der Waals surface area contributed by atoms with E-state index in [0.717, 1.165) is 0 Å². The van der Waals surface area contributed by atoms with Crippen LogP contribution in [0.15, 0.2) is 22.7 Å². The van der Waals surface area contributed by atoms with E-state index in [4.69, 9.17) is 0 Å². The van der Waals surface area contributed by atoms with Crippen molar-refractivity contribution in [2.45, 2.75) is 6.92 Å². The smallest absolute Gasteiger partial charge is 0.173 e. The number of ketones is 1.